The molecule has 0 aromatic heterocycles. The maximum absolute atomic E-state index is 13.4. The Morgan fingerprint density at radius 2 is 0.971 bits per heavy atom. The van der Waals surface area contributed by atoms with Gasteiger partial charge in [-0.15, -0.1) is 0 Å². The summed E-state index contributed by atoms with van der Waals surface area (Å²) in [6.45, 7) is 6.64. The molecule has 0 aliphatic heterocycles. The van der Waals surface area contributed by atoms with Gasteiger partial charge in [-0.25, -0.2) is 0 Å². The monoisotopic (exact) mass is 999 g/mol. The van der Waals surface area contributed by atoms with Crippen LogP contribution in [0.25, 0.3) is 0 Å². The number of nitrogens with zero attached hydrogens (tertiary/aromatic N) is 1. The van der Waals surface area contributed by atoms with Crippen molar-refractivity contribution in [2.45, 2.75) is 245 Å². The van der Waals surface area contributed by atoms with Crippen molar-refractivity contribution in [3.8, 4) is 0 Å². The van der Waals surface area contributed by atoms with Crippen molar-refractivity contribution in [1.29, 1.82) is 0 Å². The van der Waals surface area contributed by atoms with E-state index < -0.39 is 26.6 Å². The summed E-state index contributed by atoms with van der Waals surface area (Å²) >= 11 is 0. The highest BCUT2D eigenvalue weighted by atomic mass is 31.2. The average Bonchev–Trinajstić information content (AvgIpc) is 3.32. The van der Waals surface area contributed by atoms with Crippen molar-refractivity contribution >= 4 is 19.7 Å². The third kappa shape index (κ3) is 50.1. The van der Waals surface area contributed by atoms with Crippen LogP contribution in [-0.2, 0) is 27.9 Å². The van der Waals surface area contributed by atoms with Crippen molar-refractivity contribution in [3.63, 3.8) is 0 Å². The number of hydrogen-bond acceptors (Lipinski definition) is 7. The van der Waals surface area contributed by atoms with Gasteiger partial charge >= 0.3 is 5.97 Å². The number of unbranched alkanes of at least 4 members (excludes halogenated alkanes) is 24. The van der Waals surface area contributed by atoms with Crippen LogP contribution in [0.2, 0.25) is 0 Å². The molecule has 10 heteroatoms. The molecule has 0 bridgehead atoms. The Kier molecular flexibility index (Phi) is 47.8. The van der Waals surface area contributed by atoms with Gasteiger partial charge in [0.15, 0.2) is 0 Å². The van der Waals surface area contributed by atoms with E-state index in [0.29, 0.717) is 23.9 Å². The highest BCUT2D eigenvalue weighted by Crippen LogP contribution is 2.38. The van der Waals surface area contributed by atoms with E-state index in [4.69, 9.17) is 13.8 Å². The predicted molar refractivity (Wildman–Crippen MR) is 298 cm³/mol. The molecule has 3 atom stereocenters. The van der Waals surface area contributed by atoms with Crippen LogP contribution in [0.3, 0.4) is 0 Å². The van der Waals surface area contributed by atoms with Crippen molar-refractivity contribution in [2.24, 2.45) is 0 Å². The van der Waals surface area contributed by atoms with E-state index >= 15 is 0 Å². The number of phosphoric ester groups is 1. The standard InChI is InChI=1S/C60H107N2O7P/c1-7-10-13-16-19-22-25-28-29-30-31-32-33-35-38-41-44-47-50-53-60(64)69-58(51-48-45-42-39-36-27-24-21-18-15-12-9-3)57(56-68-70(65,66)67-55-54-62(4,5)6)61-59(63)52-49-46-43-40-37-34-26-23-20-17-14-11-8-2/h11,14,17,19-20,22-23,26,28-29,31-32,48,51,57-58H,7-10,12-13,15-16,18,21,24-25,27,30,33-47,49-50,52-56H2,1-6H3,(H-,61,63,65,66)/b14-11+,20-17+,22-19-,26-23-,29-28-,32-31-,51-48-. The molecular weight excluding hydrogens is 892 g/mol. The molecule has 0 saturated heterocycles. The second-order valence-corrected chi connectivity index (χ2v) is 21.5. The van der Waals surface area contributed by atoms with Gasteiger partial charge in [0.25, 0.3) is 7.82 Å². The molecule has 9 nitrogen and oxygen atoms in total. The molecule has 1 N–H and O–H groups in total. The molecular formula is C60H107N2O7P. The van der Waals surface area contributed by atoms with E-state index in [1.807, 2.05) is 39.4 Å². The van der Waals surface area contributed by atoms with Crippen molar-refractivity contribution in [2.75, 3.05) is 40.9 Å². The van der Waals surface area contributed by atoms with Gasteiger partial charge in [0.1, 0.15) is 19.3 Å². The van der Waals surface area contributed by atoms with E-state index in [1.54, 1.807) is 0 Å². The third-order valence-electron chi connectivity index (χ3n) is 12.1. The molecule has 404 valence electrons. The van der Waals surface area contributed by atoms with Gasteiger partial charge in [0.2, 0.25) is 5.91 Å². The molecule has 0 aliphatic carbocycles. The van der Waals surface area contributed by atoms with Crippen molar-refractivity contribution in [1.82, 2.24) is 5.32 Å². The van der Waals surface area contributed by atoms with E-state index in [9.17, 15) is 19.0 Å². The number of carbonyl (C=O) groups is 2. The maximum Gasteiger partial charge on any atom is 0.306 e. The molecule has 0 aromatic carbocycles. The van der Waals surface area contributed by atoms with Gasteiger partial charge in [-0.3, -0.25) is 14.2 Å². The SMILES string of the molecule is CC/C=C/C=C/C=C\CCCCCCCC(=O)NC(COP(=O)([O-])OCC[N+](C)(C)C)C(/C=C\CCCCCCCCCCCC)OC(=O)CCCCCCCC/C=C\C/C=C\C/C=C\CCCCC. The smallest absolute Gasteiger partial charge is 0.306 e. The van der Waals surface area contributed by atoms with Crippen LogP contribution in [0.1, 0.15) is 233 Å². The molecule has 0 rings (SSSR count). The lowest BCUT2D eigenvalue weighted by Gasteiger charge is -2.30. The molecule has 0 heterocycles. The number of likely N-dealkylation sites (N-methyl/N-ethyl adjacent to an activating group) is 1. The zero-order valence-corrected chi connectivity index (χ0v) is 46.8. The van der Waals surface area contributed by atoms with Crippen LogP contribution in [0, 0.1) is 0 Å². The number of esters is 1. The van der Waals surface area contributed by atoms with Crippen molar-refractivity contribution in [3.05, 3.63) is 85.1 Å². The highest BCUT2D eigenvalue weighted by molar-refractivity contribution is 7.45. The lowest BCUT2D eigenvalue weighted by atomic mass is 10.0. The lowest BCUT2D eigenvalue weighted by Crippen LogP contribution is -2.47. The summed E-state index contributed by atoms with van der Waals surface area (Å²) in [5.41, 5.74) is 0. The van der Waals surface area contributed by atoms with Gasteiger partial charge in [0, 0.05) is 12.8 Å². The Bertz CT molecular complexity index is 1480. The Morgan fingerprint density at radius 1 is 0.529 bits per heavy atom. The molecule has 0 aromatic rings. The molecule has 0 saturated carbocycles. The number of quaternary nitrogens is 1. The predicted octanol–water partition coefficient (Wildman–Crippen LogP) is 16.4. The Morgan fingerprint density at radius 3 is 1.51 bits per heavy atom. The number of phosphoric acid groups is 1. The zero-order chi connectivity index (χ0) is 51.5. The number of carbonyl (C=O) groups excluding carboxylic acids is 2. The summed E-state index contributed by atoms with van der Waals surface area (Å²) in [5, 5.41) is 3.00. The zero-order valence-electron chi connectivity index (χ0n) is 45.9. The van der Waals surface area contributed by atoms with Crippen LogP contribution >= 0.6 is 7.82 Å². The van der Waals surface area contributed by atoms with Gasteiger partial charge in [-0.1, -0.05) is 215 Å². The number of nitrogens with one attached hydrogen (secondary N) is 1. The summed E-state index contributed by atoms with van der Waals surface area (Å²) in [6, 6.07) is -0.907. The van der Waals surface area contributed by atoms with Crippen LogP contribution in [0.5, 0.6) is 0 Å². The normalized spacial score (nSPS) is 14.4. The molecule has 0 spiro atoms. The van der Waals surface area contributed by atoms with Gasteiger partial charge in [-0.05, 0) is 89.5 Å². The number of ether oxygens (including phenoxy) is 1. The van der Waals surface area contributed by atoms with Gasteiger partial charge in [-0.2, -0.15) is 0 Å². The molecule has 0 radical (unpaired) electrons. The van der Waals surface area contributed by atoms with Crippen LogP contribution in [0.4, 0.5) is 0 Å². The molecule has 70 heavy (non-hydrogen) atoms. The third-order valence-corrected chi connectivity index (χ3v) is 13.1. The summed E-state index contributed by atoms with van der Waals surface area (Å²) < 4.78 is 30.2. The van der Waals surface area contributed by atoms with E-state index in [1.165, 1.54) is 77.0 Å². The summed E-state index contributed by atoms with van der Waals surface area (Å²) in [5.74, 6) is -0.584. The minimum absolute atomic E-state index is 0.0327. The Labute approximate surface area is 431 Å². The summed E-state index contributed by atoms with van der Waals surface area (Å²) in [7, 11) is 1.15. The van der Waals surface area contributed by atoms with Crippen LogP contribution in [-0.4, -0.2) is 69.4 Å². The van der Waals surface area contributed by atoms with Crippen molar-refractivity contribution < 1.29 is 37.3 Å². The van der Waals surface area contributed by atoms with E-state index in [-0.39, 0.29) is 31.3 Å². The fourth-order valence-electron chi connectivity index (χ4n) is 7.70. The molecule has 3 unspecified atom stereocenters. The first-order valence-corrected chi connectivity index (χ1v) is 29.9. The largest absolute Gasteiger partial charge is 0.756 e. The van der Waals surface area contributed by atoms with E-state index in [0.717, 1.165) is 109 Å². The fourth-order valence-corrected chi connectivity index (χ4v) is 8.43. The maximum atomic E-state index is 13.4. The first-order valence-electron chi connectivity index (χ1n) is 28.4. The topological polar surface area (TPSA) is 114 Å². The summed E-state index contributed by atoms with van der Waals surface area (Å²) in [4.78, 5) is 39.8. The van der Waals surface area contributed by atoms with Gasteiger partial charge < -0.3 is 28.5 Å². The number of hydrogen-bond donors (Lipinski definition) is 1. The minimum atomic E-state index is -4.71. The molecule has 0 aliphatic rings. The Hall–Kier alpha value is -2.81. The van der Waals surface area contributed by atoms with Crippen LogP contribution in [0.15, 0.2) is 85.1 Å². The second kappa shape index (κ2) is 49.8. The first kappa shape index (κ1) is 67.2. The molecule has 1 amide bonds. The Balaban J connectivity index is 5.38. The first-order chi connectivity index (χ1) is 33.9. The quantitative estimate of drug-likeness (QED) is 0.0161. The van der Waals surface area contributed by atoms with Crippen LogP contribution < -0.4 is 10.2 Å². The van der Waals surface area contributed by atoms with E-state index in [2.05, 4.69) is 92.9 Å². The van der Waals surface area contributed by atoms with Gasteiger partial charge in [0.05, 0.1) is 33.8 Å². The number of allylic oxidation sites excluding steroid dienone is 13. The lowest BCUT2D eigenvalue weighted by molar-refractivity contribution is -0.870. The highest BCUT2D eigenvalue weighted by Gasteiger charge is 2.27. The fraction of sp³-hybridized carbons (Fsp3) is 0.733. The second-order valence-electron chi connectivity index (χ2n) is 20.1. The number of rotatable bonds is 50. The minimum Gasteiger partial charge on any atom is -0.756 e. The summed E-state index contributed by atoms with van der Waals surface area (Å²) in [6.07, 6.45) is 64.0. The molecule has 0 fully saturated rings. The average molecular weight is 999 g/mol. The number of amides is 1.